The molecule has 1 fully saturated rings. The second-order valence-corrected chi connectivity index (χ2v) is 11.9. The molecule has 1 aliphatic heterocycles. The Bertz CT molecular complexity index is 1210. The second kappa shape index (κ2) is 13.6. The molecule has 0 saturated carbocycles. The van der Waals surface area contributed by atoms with E-state index in [4.69, 9.17) is 10.5 Å². The molecule has 0 unspecified atom stereocenters. The molecule has 3 heterocycles. The fourth-order valence-electron chi connectivity index (χ4n) is 4.12. The zero-order chi connectivity index (χ0) is 28.7. The van der Waals surface area contributed by atoms with Crippen LogP contribution in [0.5, 0.6) is 0 Å². The third-order valence-corrected chi connectivity index (χ3v) is 7.31. The molecule has 4 atom stereocenters. The number of sulfonamides is 1. The number of anilines is 2. The van der Waals surface area contributed by atoms with E-state index in [1.807, 2.05) is 25.8 Å². The van der Waals surface area contributed by atoms with Crippen LogP contribution in [-0.4, -0.2) is 113 Å². The molecule has 2 aromatic rings. The monoisotopic (exact) mass is 571 g/mol. The summed E-state index contributed by atoms with van der Waals surface area (Å²) in [4.78, 5) is 27.0. The predicted molar refractivity (Wildman–Crippen MR) is 146 cm³/mol. The molecule has 0 aromatic carbocycles. The van der Waals surface area contributed by atoms with Gasteiger partial charge in [0.2, 0.25) is 21.9 Å². The average molecular weight is 572 g/mol. The second-order valence-electron chi connectivity index (χ2n) is 10.1. The Labute approximate surface area is 228 Å². The van der Waals surface area contributed by atoms with Crippen LogP contribution in [0.1, 0.15) is 45.8 Å². The van der Waals surface area contributed by atoms with Gasteiger partial charge in [-0.2, -0.15) is 9.97 Å². The van der Waals surface area contributed by atoms with Crippen molar-refractivity contribution in [3.8, 4) is 0 Å². The molecular formula is C23H41N9O6S. The number of ether oxygens (including phenoxy) is 1. The van der Waals surface area contributed by atoms with Crippen molar-refractivity contribution in [2.45, 2.75) is 70.1 Å². The van der Waals surface area contributed by atoms with Gasteiger partial charge < -0.3 is 36.2 Å². The zero-order valence-corrected chi connectivity index (χ0v) is 23.7. The lowest BCUT2D eigenvalue weighted by Gasteiger charge is -2.25. The highest BCUT2D eigenvalue weighted by atomic mass is 32.2. The fourth-order valence-corrected chi connectivity index (χ4v) is 4.63. The first-order valence-corrected chi connectivity index (χ1v) is 14.9. The number of nitrogen functional groups attached to an aromatic ring is 1. The molecule has 1 aliphatic rings. The van der Waals surface area contributed by atoms with E-state index < -0.39 is 34.6 Å². The van der Waals surface area contributed by atoms with Crippen molar-refractivity contribution in [1.29, 1.82) is 0 Å². The van der Waals surface area contributed by atoms with Crippen molar-refractivity contribution in [1.82, 2.24) is 34.5 Å². The van der Waals surface area contributed by atoms with Crippen LogP contribution in [0, 0.1) is 0 Å². The number of nitrogens with zero attached hydrogens (tertiary/aromatic N) is 5. The highest BCUT2D eigenvalue weighted by molar-refractivity contribution is 7.88. The molecule has 0 bridgehead atoms. The number of hydrogen-bond acceptors (Lipinski definition) is 12. The number of likely N-dealkylation sites (N-methyl/N-ethyl adjacent to an activating group) is 1. The topological polar surface area (TPSA) is 210 Å². The summed E-state index contributed by atoms with van der Waals surface area (Å²) >= 11 is 0. The number of fused-ring (bicyclic) bond motifs is 1. The molecule has 39 heavy (non-hydrogen) atoms. The number of rotatable bonds is 15. The van der Waals surface area contributed by atoms with Gasteiger partial charge in [-0.1, -0.05) is 6.42 Å². The summed E-state index contributed by atoms with van der Waals surface area (Å²) in [5.74, 6) is 0.253. The van der Waals surface area contributed by atoms with Gasteiger partial charge in [-0.05, 0) is 33.7 Å². The quantitative estimate of drug-likeness (QED) is 0.142. The van der Waals surface area contributed by atoms with E-state index in [1.54, 1.807) is 0 Å². The molecule has 16 heteroatoms. The minimum absolute atomic E-state index is 0.106. The van der Waals surface area contributed by atoms with E-state index in [2.05, 4.69) is 30.3 Å². The smallest absolute Gasteiger partial charge is 0.226 e. The highest BCUT2D eigenvalue weighted by Gasteiger charge is 2.44. The van der Waals surface area contributed by atoms with Crippen LogP contribution in [0.4, 0.5) is 11.8 Å². The van der Waals surface area contributed by atoms with Crippen molar-refractivity contribution < 1.29 is 28.2 Å². The van der Waals surface area contributed by atoms with Gasteiger partial charge in [0.15, 0.2) is 17.7 Å². The van der Waals surface area contributed by atoms with Crippen molar-refractivity contribution in [3.05, 3.63) is 6.33 Å². The lowest BCUT2D eigenvalue weighted by molar-refractivity contribution is -0.121. The predicted octanol–water partition coefficient (Wildman–Crippen LogP) is -0.994. The largest absolute Gasteiger partial charge is 0.387 e. The molecule has 1 amide bonds. The van der Waals surface area contributed by atoms with E-state index >= 15 is 0 Å². The summed E-state index contributed by atoms with van der Waals surface area (Å²) in [6.45, 7) is 5.53. The summed E-state index contributed by atoms with van der Waals surface area (Å²) in [7, 11) is -1.27. The first-order valence-electron chi connectivity index (χ1n) is 13.0. The molecule has 1 saturated heterocycles. The Morgan fingerprint density at radius 1 is 1.18 bits per heavy atom. The number of nitrogens with one attached hydrogen (secondary N) is 3. The molecule has 0 aliphatic carbocycles. The van der Waals surface area contributed by atoms with Gasteiger partial charge in [-0.15, -0.1) is 0 Å². The first-order chi connectivity index (χ1) is 18.4. The Kier molecular flexibility index (Phi) is 10.8. The Balaban J connectivity index is 1.51. The van der Waals surface area contributed by atoms with Gasteiger partial charge in [0.1, 0.15) is 23.8 Å². The minimum Gasteiger partial charge on any atom is -0.387 e. The summed E-state index contributed by atoms with van der Waals surface area (Å²) in [5.41, 5.74) is 6.77. The van der Waals surface area contributed by atoms with Crippen LogP contribution < -0.4 is 21.1 Å². The highest BCUT2D eigenvalue weighted by Crippen LogP contribution is 2.33. The van der Waals surface area contributed by atoms with Gasteiger partial charge in [0.05, 0.1) is 12.6 Å². The molecule has 2 aromatic heterocycles. The van der Waals surface area contributed by atoms with E-state index in [0.717, 1.165) is 12.7 Å². The van der Waals surface area contributed by atoms with Gasteiger partial charge in [0.25, 0.3) is 0 Å². The molecule has 15 nitrogen and oxygen atoms in total. The van der Waals surface area contributed by atoms with E-state index in [1.165, 1.54) is 10.9 Å². The minimum atomic E-state index is -3.19. The van der Waals surface area contributed by atoms with Crippen LogP contribution in [0.2, 0.25) is 0 Å². The van der Waals surface area contributed by atoms with Crippen LogP contribution >= 0.6 is 0 Å². The normalized spacial score (nSPS) is 21.7. The van der Waals surface area contributed by atoms with Crippen molar-refractivity contribution in [2.75, 3.05) is 50.5 Å². The SMILES string of the molecule is CC(C)N(C)C[C@H]1O[C@@H](n2cnc3c(N)nc(NCCNC(=O)CCCCCNS(C)(=O)=O)nc32)[C@H](O)[C@@H]1O. The standard InChI is InChI=1S/C23H41N9O6S/c1-14(2)31(3)12-15-18(34)19(35)22(38-15)32-13-27-17-20(24)29-23(30-21(17)32)26-11-10-25-16(33)8-6-5-7-9-28-39(4,36)37/h13-15,18-19,22,28,34-35H,5-12H2,1-4H3,(H,25,33)(H3,24,26,29,30)/t15-,18-,19-,22-/m1/s1. The lowest BCUT2D eigenvalue weighted by Crippen LogP contribution is -2.40. The maximum atomic E-state index is 12.0. The Morgan fingerprint density at radius 2 is 1.92 bits per heavy atom. The molecule has 0 radical (unpaired) electrons. The molecule has 7 N–H and O–H groups in total. The van der Waals surface area contributed by atoms with Crippen LogP contribution in [-0.2, 0) is 19.6 Å². The molecule has 0 spiro atoms. The number of carbonyl (C=O) groups is 1. The number of imidazole rings is 1. The van der Waals surface area contributed by atoms with Crippen molar-refractivity contribution in [2.24, 2.45) is 0 Å². The maximum absolute atomic E-state index is 12.0. The lowest BCUT2D eigenvalue weighted by atomic mass is 10.1. The number of nitrogens with two attached hydrogens (primary N) is 1. The maximum Gasteiger partial charge on any atom is 0.226 e. The number of carbonyl (C=O) groups excluding carboxylic acids is 1. The van der Waals surface area contributed by atoms with E-state index in [-0.39, 0.29) is 23.7 Å². The number of hydrogen-bond donors (Lipinski definition) is 6. The third kappa shape index (κ3) is 8.68. The van der Waals surface area contributed by atoms with Gasteiger partial charge >= 0.3 is 0 Å². The Morgan fingerprint density at radius 3 is 2.62 bits per heavy atom. The van der Waals surface area contributed by atoms with Gasteiger partial charge in [-0.25, -0.2) is 18.1 Å². The van der Waals surface area contributed by atoms with Crippen LogP contribution in [0.25, 0.3) is 11.2 Å². The number of aliphatic hydroxyl groups is 2. The molecule has 3 rings (SSSR count). The number of unbranched alkanes of at least 4 members (excludes halogenated alkanes) is 2. The zero-order valence-electron chi connectivity index (χ0n) is 22.9. The number of amides is 1. The van der Waals surface area contributed by atoms with Crippen LogP contribution in [0.3, 0.4) is 0 Å². The van der Waals surface area contributed by atoms with Crippen molar-refractivity contribution >= 4 is 38.9 Å². The third-order valence-electron chi connectivity index (χ3n) is 6.58. The molecular weight excluding hydrogens is 530 g/mol. The van der Waals surface area contributed by atoms with Gasteiger partial charge in [0, 0.05) is 38.6 Å². The number of aromatic nitrogens is 4. The van der Waals surface area contributed by atoms with Crippen LogP contribution in [0.15, 0.2) is 6.33 Å². The average Bonchev–Trinajstić information content (AvgIpc) is 3.40. The first kappa shape index (κ1) is 30.9. The van der Waals surface area contributed by atoms with E-state index in [0.29, 0.717) is 56.6 Å². The summed E-state index contributed by atoms with van der Waals surface area (Å²) in [5, 5.41) is 27.1. The fraction of sp³-hybridized carbons (Fsp3) is 0.739. The summed E-state index contributed by atoms with van der Waals surface area (Å²) in [6, 6.07) is 0.244. The Hall–Kier alpha value is -2.63. The molecule has 220 valence electrons. The number of aliphatic hydroxyl groups excluding tert-OH is 2. The van der Waals surface area contributed by atoms with Gasteiger partial charge in [-0.3, -0.25) is 9.36 Å². The summed E-state index contributed by atoms with van der Waals surface area (Å²) in [6.07, 6.45) is 1.19. The van der Waals surface area contributed by atoms with Crippen molar-refractivity contribution in [3.63, 3.8) is 0 Å². The summed E-state index contributed by atoms with van der Waals surface area (Å²) < 4.78 is 32.0. The van der Waals surface area contributed by atoms with E-state index in [9.17, 15) is 23.4 Å².